The number of Topliss-reactive ketones (excluding diaryl/α,β-unsaturated/α-hetero) is 1. The van der Waals surface area contributed by atoms with Crippen molar-refractivity contribution in [2.24, 2.45) is 0 Å². The molecule has 0 aliphatic carbocycles. The van der Waals surface area contributed by atoms with E-state index in [0.717, 1.165) is 11.1 Å². The predicted molar refractivity (Wildman–Crippen MR) is 120 cm³/mol. The molecule has 3 N–H and O–H groups in total. The minimum Gasteiger partial charge on any atom is -0.461 e. The second kappa shape index (κ2) is 8.14. The highest BCUT2D eigenvalue weighted by Gasteiger charge is 2.22. The average Bonchev–Trinajstić information content (AvgIpc) is 3.24. The van der Waals surface area contributed by atoms with E-state index < -0.39 is 5.97 Å². The minimum absolute atomic E-state index is 0.194. The van der Waals surface area contributed by atoms with Gasteiger partial charge in [0.15, 0.2) is 5.78 Å². The van der Waals surface area contributed by atoms with Crippen LogP contribution in [0, 0.1) is 17.6 Å². The fourth-order valence-corrected chi connectivity index (χ4v) is 3.87. The van der Waals surface area contributed by atoms with Crippen LogP contribution in [0.4, 0.5) is 0 Å². The summed E-state index contributed by atoms with van der Waals surface area (Å²) in [5, 5.41) is 1.63. The number of rotatable bonds is 5. The lowest BCUT2D eigenvalue weighted by Gasteiger charge is -2.02. The lowest BCUT2D eigenvalue weighted by molar-refractivity contribution is 0.0519. The van der Waals surface area contributed by atoms with Crippen molar-refractivity contribution in [3.05, 3.63) is 84.7 Å². The molecule has 0 atom stereocenters. The number of hydrogen-bond acceptors (Lipinski definition) is 5. The Labute approximate surface area is 182 Å². The third-order valence-corrected chi connectivity index (χ3v) is 5.32. The molecule has 0 aromatic carbocycles. The number of ketones is 1. The first-order valence-electron chi connectivity index (χ1n) is 10.1. The van der Waals surface area contributed by atoms with Gasteiger partial charge in [-0.25, -0.2) is 4.79 Å². The molecule has 0 radical (unpaired) electrons. The summed E-state index contributed by atoms with van der Waals surface area (Å²) in [7, 11) is 0. The van der Waals surface area contributed by atoms with Crippen LogP contribution in [0.5, 0.6) is 0 Å². The lowest BCUT2D eigenvalue weighted by Crippen LogP contribution is -2.22. The molecule has 162 valence electrons. The van der Waals surface area contributed by atoms with Crippen molar-refractivity contribution in [3.8, 4) is 11.1 Å². The highest BCUT2D eigenvalue weighted by atomic mass is 16.5. The zero-order valence-electron chi connectivity index (χ0n) is 18.0. The van der Waals surface area contributed by atoms with Gasteiger partial charge in [0.1, 0.15) is 11.2 Å². The van der Waals surface area contributed by atoms with Crippen LogP contribution >= 0.6 is 0 Å². The smallest absolute Gasteiger partial charge is 0.355 e. The molecule has 4 heterocycles. The number of H-pyrrole nitrogens is 3. The Morgan fingerprint density at radius 2 is 1.91 bits per heavy atom. The van der Waals surface area contributed by atoms with Gasteiger partial charge in [-0.3, -0.25) is 14.6 Å². The molecule has 0 saturated carbocycles. The van der Waals surface area contributed by atoms with Crippen molar-refractivity contribution in [2.75, 3.05) is 6.61 Å². The van der Waals surface area contributed by atoms with Crippen LogP contribution in [0.2, 0.25) is 0 Å². The molecule has 0 amide bonds. The van der Waals surface area contributed by atoms with E-state index in [9.17, 15) is 14.4 Å². The van der Waals surface area contributed by atoms with E-state index in [2.05, 4.69) is 26.5 Å². The number of carbonyl (C=O) groups excluding carboxylic acids is 2. The molecule has 8 heteroatoms. The molecule has 0 saturated heterocycles. The summed E-state index contributed by atoms with van der Waals surface area (Å²) in [5.74, 6) is -0.777. The first kappa shape index (κ1) is 21.0. The predicted octanol–water partition coefficient (Wildman–Crippen LogP) is 1.74. The van der Waals surface area contributed by atoms with Crippen LogP contribution in [-0.2, 0) is 4.74 Å². The van der Waals surface area contributed by atoms with E-state index in [1.807, 2.05) is 18.2 Å². The van der Waals surface area contributed by atoms with Gasteiger partial charge in [-0.1, -0.05) is 6.58 Å². The Morgan fingerprint density at radius 3 is 2.56 bits per heavy atom. The first-order chi connectivity index (χ1) is 15.3. The van der Waals surface area contributed by atoms with E-state index in [-0.39, 0.29) is 23.6 Å². The molecule has 2 aliphatic heterocycles. The molecule has 8 nitrogen and oxygen atoms in total. The van der Waals surface area contributed by atoms with Gasteiger partial charge in [0.05, 0.1) is 17.5 Å². The molecule has 2 aliphatic rings. The van der Waals surface area contributed by atoms with Crippen LogP contribution in [0.25, 0.3) is 23.8 Å². The number of aromatic nitrogens is 4. The molecule has 0 spiro atoms. The lowest BCUT2D eigenvalue weighted by atomic mass is 10.0. The number of pyridine rings is 1. The zero-order valence-corrected chi connectivity index (χ0v) is 18.0. The highest BCUT2D eigenvalue weighted by Crippen LogP contribution is 2.21. The number of nitrogens with zero attached hydrogens (tertiary/aromatic N) is 1. The normalized spacial score (nSPS) is 11.8. The van der Waals surface area contributed by atoms with E-state index in [1.165, 1.54) is 6.92 Å². The van der Waals surface area contributed by atoms with Crippen LogP contribution in [0.1, 0.15) is 46.0 Å². The largest absolute Gasteiger partial charge is 0.461 e. The topological polar surface area (TPSA) is 121 Å². The number of ether oxygens (including phenoxy) is 1. The highest BCUT2D eigenvalue weighted by molar-refractivity contribution is 6.02. The monoisotopic (exact) mass is 430 g/mol. The number of esters is 1. The quantitative estimate of drug-likeness (QED) is 0.329. The summed E-state index contributed by atoms with van der Waals surface area (Å²) in [6.45, 7) is 9.06. The van der Waals surface area contributed by atoms with Gasteiger partial charge < -0.3 is 19.7 Å². The Kier molecular flexibility index (Phi) is 5.36. The van der Waals surface area contributed by atoms with Crippen molar-refractivity contribution in [1.29, 1.82) is 0 Å². The van der Waals surface area contributed by atoms with E-state index >= 15 is 0 Å². The summed E-state index contributed by atoms with van der Waals surface area (Å²) in [4.78, 5) is 50.4. The number of carbonyl (C=O) groups is 2. The summed E-state index contributed by atoms with van der Waals surface area (Å²) in [6, 6.07) is 5.57. The number of nitrogens with one attached hydrogen (secondary N) is 3. The molecule has 2 aromatic rings. The Hall–Kier alpha value is -4.20. The molecule has 0 fully saturated rings. The molecule has 0 unspecified atom stereocenters. The number of aromatic amines is 3. The van der Waals surface area contributed by atoms with Crippen molar-refractivity contribution in [1.82, 2.24) is 19.9 Å². The van der Waals surface area contributed by atoms with Crippen LogP contribution in [0.15, 0.2) is 35.4 Å². The van der Waals surface area contributed by atoms with Gasteiger partial charge in [-0.2, -0.15) is 0 Å². The Bertz CT molecular complexity index is 1580. The molecule has 4 rings (SSSR count). The van der Waals surface area contributed by atoms with Gasteiger partial charge in [-0.15, -0.1) is 0 Å². The molecular weight excluding hydrogens is 408 g/mol. The molecule has 32 heavy (non-hydrogen) atoms. The van der Waals surface area contributed by atoms with Crippen molar-refractivity contribution < 1.29 is 14.3 Å². The van der Waals surface area contributed by atoms with Gasteiger partial charge >= 0.3 is 5.97 Å². The van der Waals surface area contributed by atoms with Crippen LogP contribution in [-0.4, -0.2) is 38.3 Å². The van der Waals surface area contributed by atoms with Crippen molar-refractivity contribution in [2.45, 2.75) is 20.8 Å². The fourth-order valence-electron chi connectivity index (χ4n) is 3.87. The maximum Gasteiger partial charge on any atom is 0.355 e. The molecule has 2 aromatic heterocycles. The van der Waals surface area contributed by atoms with Gasteiger partial charge in [0, 0.05) is 34.1 Å². The molecule has 0 bridgehead atoms. The second-order valence-electron chi connectivity index (χ2n) is 7.39. The summed E-state index contributed by atoms with van der Waals surface area (Å²) >= 11 is 0. The Morgan fingerprint density at radius 1 is 1.19 bits per heavy atom. The Balaban J connectivity index is 2.01. The van der Waals surface area contributed by atoms with E-state index in [1.54, 1.807) is 32.3 Å². The van der Waals surface area contributed by atoms with Gasteiger partial charge in [-0.05, 0) is 56.2 Å². The SMILES string of the molecule is C=c1[nH]c2[nH]c(=O)c(=Cc3[nH]c(C(=O)OCC)c(C)c3C(C)=O)c=2cc1-c1ccncc1. The maximum atomic E-state index is 12.8. The fraction of sp³-hybridized carbons (Fsp3) is 0.167. The zero-order chi connectivity index (χ0) is 23.0. The number of hydrogen-bond donors (Lipinski definition) is 3. The van der Waals surface area contributed by atoms with Gasteiger partial charge in [0.25, 0.3) is 5.56 Å². The average molecular weight is 430 g/mol. The minimum atomic E-state index is -0.552. The first-order valence-corrected chi connectivity index (χ1v) is 10.1. The maximum absolute atomic E-state index is 12.8. The summed E-state index contributed by atoms with van der Waals surface area (Å²) < 4.78 is 5.08. The van der Waals surface area contributed by atoms with E-state index in [4.69, 9.17) is 4.74 Å². The summed E-state index contributed by atoms with van der Waals surface area (Å²) in [6.07, 6.45) is 4.94. The summed E-state index contributed by atoms with van der Waals surface area (Å²) in [5.41, 5.74) is 3.29. The van der Waals surface area contributed by atoms with E-state index in [0.29, 0.717) is 38.1 Å². The third kappa shape index (κ3) is 3.56. The van der Waals surface area contributed by atoms with Crippen LogP contribution in [0.3, 0.4) is 0 Å². The van der Waals surface area contributed by atoms with Crippen LogP contribution < -0.4 is 16.1 Å². The van der Waals surface area contributed by atoms with Crippen molar-refractivity contribution in [3.63, 3.8) is 0 Å². The van der Waals surface area contributed by atoms with Crippen molar-refractivity contribution >= 4 is 24.4 Å². The third-order valence-electron chi connectivity index (χ3n) is 5.32. The second-order valence-corrected chi connectivity index (χ2v) is 7.39. The molecular formula is C24H22N4O4. The van der Waals surface area contributed by atoms with Gasteiger partial charge in [0.2, 0.25) is 0 Å². The standard InChI is InChI=1S/C24H22N4O4/c1-5-32-24(31)21-12(2)20(14(4)29)19(27-21)11-18-17-10-16(15-6-8-25-9-7-15)13(3)26-22(17)28-23(18)30/h6-11,26-27H,3,5H2,1-2,4H3,(H,28,30).